The molecule has 2 aromatic heterocycles. The summed E-state index contributed by atoms with van der Waals surface area (Å²) in [7, 11) is 1.43. The summed E-state index contributed by atoms with van der Waals surface area (Å²) in [6.45, 7) is 3.86. The Balaban J connectivity index is 1.91. The molecule has 3 aromatic rings. The summed E-state index contributed by atoms with van der Waals surface area (Å²) in [6, 6.07) is 12.4. The van der Waals surface area contributed by atoms with Crippen LogP contribution in [0.25, 0.3) is 0 Å². The molecule has 7 nitrogen and oxygen atoms in total. The van der Waals surface area contributed by atoms with Gasteiger partial charge in [-0.05, 0) is 37.4 Å². The maximum atomic E-state index is 12.9. The second-order valence-corrected chi connectivity index (χ2v) is 7.59. The minimum absolute atomic E-state index is 0.0549. The average Bonchev–Trinajstić information content (AvgIpc) is 3.30. The molecule has 0 aliphatic heterocycles. The van der Waals surface area contributed by atoms with E-state index in [2.05, 4.69) is 5.43 Å². The molecule has 2 N–H and O–H groups in total. The number of carbonyl (C=O) groups excluding carboxylic acids is 2. The van der Waals surface area contributed by atoms with E-state index in [-0.39, 0.29) is 11.1 Å². The fourth-order valence-electron chi connectivity index (χ4n) is 3.25. The molecular formula is C21H21N3O4S. The lowest BCUT2D eigenvalue weighted by Crippen LogP contribution is -2.43. The molecule has 1 aromatic carbocycles. The van der Waals surface area contributed by atoms with Gasteiger partial charge in [0.2, 0.25) is 0 Å². The maximum Gasteiger partial charge on any atom is 0.338 e. The highest BCUT2D eigenvalue weighted by molar-refractivity contribution is 7.09. The van der Waals surface area contributed by atoms with Gasteiger partial charge in [0, 0.05) is 28.9 Å². The zero-order chi connectivity index (χ0) is 21.1. The number of aromatic carboxylic acids is 1. The van der Waals surface area contributed by atoms with Crippen molar-refractivity contribution in [3.05, 3.63) is 80.8 Å². The minimum atomic E-state index is -1.18. The summed E-state index contributed by atoms with van der Waals surface area (Å²) in [5.74, 6) is -2.22. The first-order valence-corrected chi connectivity index (χ1v) is 9.78. The second kappa shape index (κ2) is 8.32. The lowest BCUT2D eigenvalue weighted by atomic mass is 10.1. The number of aromatic nitrogens is 1. The van der Waals surface area contributed by atoms with Gasteiger partial charge in [-0.2, -0.15) is 0 Å². The molecule has 0 saturated carbocycles. The van der Waals surface area contributed by atoms with Crippen molar-refractivity contribution in [2.75, 3.05) is 7.05 Å². The van der Waals surface area contributed by atoms with Gasteiger partial charge in [0.15, 0.2) is 0 Å². The number of rotatable bonds is 5. The summed E-state index contributed by atoms with van der Waals surface area (Å²) in [4.78, 5) is 38.3. The summed E-state index contributed by atoms with van der Waals surface area (Å²) in [5.41, 5.74) is 3.94. The number of amides is 2. The first-order valence-electron chi connectivity index (χ1n) is 8.90. The Bertz CT molecular complexity index is 1060. The number of carbonyl (C=O) groups is 3. The largest absolute Gasteiger partial charge is 0.478 e. The molecule has 2 heterocycles. The van der Waals surface area contributed by atoms with E-state index < -0.39 is 17.8 Å². The molecule has 3 rings (SSSR count). The van der Waals surface area contributed by atoms with Crippen LogP contribution in [0.4, 0.5) is 0 Å². The third kappa shape index (κ3) is 4.07. The molecule has 0 fully saturated rings. The topological polar surface area (TPSA) is 91.6 Å². The highest BCUT2D eigenvalue weighted by Gasteiger charge is 2.28. The van der Waals surface area contributed by atoms with Crippen LogP contribution >= 0.6 is 11.3 Å². The Morgan fingerprint density at radius 1 is 1.03 bits per heavy atom. The van der Waals surface area contributed by atoms with Crippen LogP contribution in [0.5, 0.6) is 0 Å². The van der Waals surface area contributed by atoms with Crippen molar-refractivity contribution in [3.8, 4) is 0 Å². The lowest BCUT2D eigenvalue weighted by Gasteiger charge is -2.18. The molecule has 0 aliphatic carbocycles. The highest BCUT2D eigenvalue weighted by atomic mass is 32.1. The number of carboxylic acids is 1. The van der Waals surface area contributed by atoms with Gasteiger partial charge in [-0.15, -0.1) is 11.3 Å². The Hall–Kier alpha value is -3.39. The normalized spacial score (nSPS) is 10.6. The van der Waals surface area contributed by atoms with Crippen LogP contribution in [0.3, 0.4) is 0 Å². The van der Waals surface area contributed by atoms with Gasteiger partial charge in [0.1, 0.15) is 0 Å². The van der Waals surface area contributed by atoms with Crippen molar-refractivity contribution >= 4 is 29.1 Å². The number of hydrogen-bond donors (Lipinski definition) is 2. The van der Waals surface area contributed by atoms with Crippen LogP contribution in [-0.2, 0) is 6.54 Å². The van der Waals surface area contributed by atoms with E-state index in [9.17, 15) is 19.5 Å². The maximum absolute atomic E-state index is 12.9. The van der Waals surface area contributed by atoms with E-state index in [0.717, 1.165) is 9.89 Å². The van der Waals surface area contributed by atoms with E-state index >= 15 is 0 Å². The average molecular weight is 411 g/mol. The Morgan fingerprint density at radius 2 is 1.69 bits per heavy atom. The lowest BCUT2D eigenvalue weighted by molar-refractivity contribution is 0.0630. The zero-order valence-electron chi connectivity index (χ0n) is 16.3. The number of hydrazine groups is 1. The standard InChI is InChI=1S/C21H21N3O4S/c1-13-17(19(25)22-23(3)20(26)15-8-5-4-6-9-15)18(21(27)28)14(2)24(13)12-16-10-7-11-29-16/h4-11H,12H2,1-3H3,(H,22,25)(H,27,28). The summed E-state index contributed by atoms with van der Waals surface area (Å²) in [5, 5.41) is 12.7. The van der Waals surface area contributed by atoms with Crippen molar-refractivity contribution in [1.82, 2.24) is 15.0 Å². The van der Waals surface area contributed by atoms with E-state index in [1.54, 1.807) is 55.5 Å². The van der Waals surface area contributed by atoms with E-state index in [4.69, 9.17) is 0 Å². The quantitative estimate of drug-likeness (QED) is 0.630. The highest BCUT2D eigenvalue weighted by Crippen LogP contribution is 2.25. The molecule has 0 bridgehead atoms. The molecule has 0 unspecified atom stereocenters. The van der Waals surface area contributed by atoms with Crippen molar-refractivity contribution in [1.29, 1.82) is 0 Å². The van der Waals surface area contributed by atoms with Gasteiger partial charge in [-0.25, -0.2) is 4.79 Å². The van der Waals surface area contributed by atoms with Gasteiger partial charge in [0.25, 0.3) is 11.8 Å². The van der Waals surface area contributed by atoms with Crippen LogP contribution in [0, 0.1) is 13.8 Å². The van der Waals surface area contributed by atoms with Crippen molar-refractivity contribution < 1.29 is 19.5 Å². The predicted octanol–water partition coefficient (Wildman–Crippen LogP) is 3.33. The molecule has 2 amide bonds. The van der Waals surface area contributed by atoms with Gasteiger partial charge in [0.05, 0.1) is 17.7 Å². The summed E-state index contributed by atoms with van der Waals surface area (Å²) in [6.07, 6.45) is 0. The smallest absolute Gasteiger partial charge is 0.338 e. The summed E-state index contributed by atoms with van der Waals surface area (Å²) >= 11 is 1.56. The summed E-state index contributed by atoms with van der Waals surface area (Å²) < 4.78 is 1.81. The van der Waals surface area contributed by atoms with Crippen LogP contribution in [-0.4, -0.2) is 39.5 Å². The van der Waals surface area contributed by atoms with Crippen molar-refractivity contribution in [2.24, 2.45) is 0 Å². The first kappa shape index (κ1) is 20.3. The minimum Gasteiger partial charge on any atom is -0.478 e. The van der Waals surface area contributed by atoms with Crippen LogP contribution in [0.2, 0.25) is 0 Å². The number of benzene rings is 1. The fraction of sp³-hybridized carbons (Fsp3) is 0.190. The van der Waals surface area contributed by atoms with Crippen LogP contribution < -0.4 is 5.43 Å². The SMILES string of the molecule is Cc1c(C(=O)O)c(C(=O)NN(C)C(=O)c2ccccc2)c(C)n1Cc1cccs1. The number of thiophene rings is 1. The number of carboxylic acid groups (broad SMARTS) is 1. The Morgan fingerprint density at radius 3 is 2.28 bits per heavy atom. The fourth-order valence-corrected chi connectivity index (χ4v) is 3.94. The van der Waals surface area contributed by atoms with E-state index in [0.29, 0.717) is 23.5 Å². The molecule has 29 heavy (non-hydrogen) atoms. The van der Waals surface area contributed by atoms with Gasteiger partial charge < -0.3 is 9.67 Å². The molecule has 0 saturated heterocycles. The molecular weight excluding hydrogens is 390 g/mol. The number of nitrogens with zero attached hydrogens (tertiary/aromatic N) is 2. The third-order valence-corrected chi connectivity index (χ3v) is 5.57. The number of nitrogens with one attached hydrogen (secondary N) is 1. The molecule has 8 heteroatoms. The van der Waals surface area contributed by atoms with Crippen molar-refractivity contribution in [2.45, 2.75) is 20.4 Å². The van der Waals surface area contributed by atoms with Gasteiger partial charge in [-0.3, -0.25) is 20.0 Å². The van der Waals surface area contributed by atoms with Gasteiger partial charge >= 0.3 is 5.97 Å². The Kier molecular flexibility index (Phi) is 5.84. The van der Waals surface area contributed by atoms with Crippen molar-refractivity contribution in [3.63, 3.8) is 0 Å². The second-order valence-electron chi connectivity index (χ2n) is 6.56. The Labute approximate surface area is 172 Å². The molecule has 0 radical (unpaired) electrons. The predicted molar refractivity (Wildman–Crippen MR) is 110 cm³/mol. The molecule has 0 aliphatic rings. The van der Waals surface area contributed by atoms with Gasteiger partial charge in [-0.1, -0.05) is 24.3 Å². The van der Waals surface area contributed by atoms with Crippen LogP contribution in [0.15, 0.2) is 47.8 Å². The monoisotopic (exact) mass is 411 g/mol. The first-order chi connectivity index (χ1) is 13.8. The molecule has 0 atom stereocenters. The molecule has 0 spiro atoms. The zero-order valence-corrected chi connectivity index (χ0v) is 17.1. The van der Waals surface area contributed by atoms with E-state index in [1.165, 1.54) is 7.05 Å². The number of hydrogen-bond acceptors (Lipinski definition) is 4. The van der Waals surface area contributed by atoms with E-state index in [1.807, 2.05) is 22.1 Å². The van der Waals surface area contributed by atoms with Crippen LogP contribution in [0.1, 0.15) is 47.3 Å². The molecule has 150 valence electrons. The third-order valence-electron chi connectivity index (χ3n) is 4.71.